The van der Waals surface area contributed by atoms with Crippen LogP contribution in [0, 0.1) is 11.3 Å². The van der Waals surface area contributed by atoms with Crippen molar-refractivity contribution < 1.29 is 4.79 Å². The molecule has 0 aliphatic carbocycles. The van der Waals surface area contributed by atoms with E-state index in [1.54, 1.807) is 17.2 Å². The predicted octanol–water partition coefficient (Wildman–Crippen LogP) is 2.39. The smallest absolute Gasteiger partial charge is 0.276 e. The third kappa shape index (κ3) is 2.86. The van der Waals surface area contributed by atoms with E-state index in [0.717, 1.165) is 10.3 Å². The van der Waals surface area contributed by atoms with Crippen molar-refractivity contribution in [3.05, 3.63) is 63.2 Å². The first-order valence-electron chi connectivity index (χ1n) is 8.79. The van der Waals surface area contributed by atoms with Crippen LogP contribution < -0.4 is 10.5 Å². The van der Waals surface area contributed by atoms with E-state index in [4.69, 9.17) is 0 Å². The van der Waals surface area contributed by atoms with Gasteiger partial charge in [0.2, 0.25) is 0 Å². The Balaban J connectivity index is 1.71. The molecule has 0 unspecified atom stereocenters. The van der Waals surface area contributed by atoms with Gasteiger partial charge in [0.25, 0.3) is 11.5 Å². The number of aromatic nitrogens is 2. The van der Waals surface area contributed by atoms with Crippen LogP contribution in [0.2, 0.25) is 0 Å². The number of anilines is 1. The Hall–Kier alpha value is -3.44. The molecule has 8 heteroatoms. The van der Waals surface area contributed by atoms with Gasteiger partial charge in [-0.25, -0.2) is 4.98 Å². The Morgan fingerprint density at radius 1 is 1.25 bits per heavy atom. The highest BCUT2D eigenvalue weighted by molar-refractivity contribution is 7.12. The zero-order chi connectivity index (χ0) is 19.7. The molecule has 4 rings (SSSR count). The van der Waals surface area contributed by atoms with Crippen LogP contribution in [0.4, 0.5) is 5.69 Å². The number of nitriles is 1. The van der Waals surface area contributed by atoms with Crippen molar-refractivity contribution in [3.8, 4) is 6.07 Å². The molecule has 28 heavy (non-hydrogen) atoms. The van der Waals surface area contributed by atoms with E-state index in [0.29, 0.717) is 37.5 Å². The number of thiophene rings is 1. The Bertz CT molecular complexity index is 1150. The summed E-state index contributed by atoms with van der Waals surface area (Å²) in [6.07, 6.45) is 2.98. The van der Waals surface area contributed by atoms with E-state index in [1.165, 1.54) is 22.1 Å². The van der Waals surface area contributed by atoms with Crippen molar-refractivity contribution in [1.82, 2.24) is 14.5 Å². The van der Waals surface area contributed by atoms with Crippen molar-refractivity contribution in [2.45, 2.75) is 0 Å². The maximum atomic E-state index is 12.8. The molecule has 0 N–H and O–H groups in total. The van der Waals surface area contributed by atoms with Gasteiger partial charge in [-0.1, -0.05) is 12.6 Å². The van der Waals surface area contributed by atoms with Gasteiger partial charge in [0.05, 0.1) is 10.6 Å². The molecule has 0 radical (unpaired) electrons. The number of piperazine rings is 1. The molecule has 7 nitrogen and oxygen atoms in total. The minimum Gasteiger partial charge on any atom is -0.366 e. The number of amides is 1. The molecule has 1 amide bonds. The zero-order valence-corrected chi connectivity index (χ0v) is 15.9. The lowest BCUT2D eigenvalue weighted by Gasteiger charge is -2.36. The average molecular weight is 391 g/mol. The van der Waals surface area contributed by atoms with Gasteiger partial charge in [-0.05, 0) is 23.6 Å². The highest BCUT2D eigenvalue weighted by Crippen LogP contribution is 2.29. The van der Waals surface area contributed by atoms with Gasteiger partial charge < -0.3 is 9.80 Å². The third-order valence-electron chi connectivity index (χ3n) is 4.85. The Kier molecular flexibility index (Phi) is 4.67. The van der Waals surface area contributed by atoms with Gasteiger partial charge in [0.1, 0.15) is 17.3 Å². The van der Waals surface area contributed by atoms with Crippen molar-refractivity contribution >= 4 is 40.2 Å². The van der Waals surface area contributed by atoms with E-state index >= 15 is 0 Å². The van der Waals surface area contributed by atoms with Crippen molar-refractivity contribution in [3.63, 3.8) is 0 Å². The van der Waals surface area contributed by atoms with E-state index in [9.17, 15) is 14.9 Å². The lowest BCUT2D eigenvalue weighted by atomic mass is 10.1. The number of carbonyl (C=O) groups excluding carboxylic acids is 1. The lowest BCUT2D eigenvalue weighted by molar-refractivity contribution is 0.0751. The Morgan fingerprint density at radius 2 is 2.04 bits per heavy atom. The molecule has 0 aromatic carbocycles. The second kappa shape index (κ2) is 7.29. The summed E-state index contributed by atoms with van der Waals surface area (Å²) in [6, 6.07) is 9.37. The normalized spacial score (nSPS) is 14.1. The number of pyridine rings is 2. The number of hydrogen-bond acceptors (Lipinski definition) is 6. The van der Waals surface area contributed by atoms with E-state index in [1.807, 2.05) is 28.5 Å². The molecule has 0 bridgehead atoms. The largest absolute Gasteiger partial charge is 0.366 e. The molecule has 0 spiro atoms. The fourth-order valence-corrected chi connectivity index (χ4v) is 4.21. The monoisotopic (exact) mass is 391 g/mol. The quantitative estimate of drug-likeness (QED) is 0.685. The first-order valence-corrected chi connectivity index (χ1v) is 9.67. The number of rotatable bonds is 3. The van der Waals surface area contributed by atoms with Crippen LogP contribution in [0.3, 0.4) is 0 Å². The van der Waals surface area contributed by atoms with E-state index in [2.05, 4.69) is 17.6 Å². The van der Waals surface area contributed by atoms with Gasteiger partial charge in [-0.3, -0.25) is 14.2 Å². The maximum Gasteiger partial charge on any atom is 0.276 e. The van der Waals surface area contributed by atoms with Crippen LogP contribution in [0.5, 0.6) is 0 Å². The number of hydrogen-bond donors (Lipinski definition) is 0. The fourth-order valence-electron chi connectivity index (χ4n) is 3.51. The van der Waals surface area contributed by atoms with E-state index < -0.39 is 5.56 Å². The number of fused-ring (bicyclic) bond motifs is 1. The highest BCUT2D eigenvalue weighted by atomic mass is 32.1. The van der Waals surface area contributed by atoms with Gasteiger partial charge in [-0.2, -0.15) is 5.26 Å². The molecule has 3 aromatic rings. The molecule has 4 heterocycles. The summed E-state index contributed by atoms with van der Waals surface area (Å²) in [6.45, 7) is 5.78. The van der Waals surface area contributed by atoms with Crippen LogP contribution in [0.1, 0.15) is 15.2 Å². The summed E-state index contributed by atoms with van der Waals surface area (Å²) in [4.78, 5) is 34.2. The topological polar surface area (TPSA) is 82.2 Å². The standard InChI is InChI=1S/C20H17N5O2S/c1-2-25-18-14(5-3-7-22-18)17(15(13-21)19(25)26)23-8-10-24(11-9-23)20(27)16-6-4-12-28-16/h2-7,12H,1,8-11H2. The molecule has 3 aromatic heterocycles. The maximum absolute atomic E-state index is 12.8. The molecule has 140 valence electrons. The second-order valence-electron chi connectivity index (χ2n) is 6.32. The highest BCUT2D eigenvalue weighted by Gasteiger charge is 2.27. The van der Waals surface area contributed by atoms with Crippen LogP contribution in [-0.2, 0) is 0 Å². The summed E-state index contributed by atoms with van der Waals surface area (Å²) in [5, 5.41) is 12.3. The summed E-state index contributed by atoms with van der Waals surface area (Å²) in [5.74, 6) is 0.0174. The zero-order valence-electron chi connectivity index (χ0n) is 15.0. The third-order valence-corrected chi connectivity index (χ3v) is 5.71. The second-order valence-corrected chi connectivity index (χ2v) is 7.27. The molecule has 1 aliphatic rings. The summed E-state index contributed by atoms with van der Waals surface area (Å²) < 4.78 is 1.30. The van der Waals surface area contributed by atoms with Gasteiger partial charge in [-0.15, -0.1) is 11.3 Å². The van der Waals surface area contributed by atoms with Crippen LogP contribution >= 0.6 is 11.3 Å². The minimum atomic E-state index is -0.434. The van der Waals surface area contributed by atoms with Crippen molar-refractivity contribution in [2.75, 3.05) is 31.1 Å². The average Bonchev–Trinajstić information content (AvgIpc) is 3.27. The van der Waals surface area contributed by atoms with Crippen LogP contribution in [-0.4, -0.2) is 46.5 Å². The molecular weight excluding hydrogens is 374 g/mol. The first kappa shape index (κ1) is 17.9. The SMILES string of the molecule is C=Cn1c(=O)c(C#N)c(N2CCN(C(=O)c3cccs3)CC2)c2cccnc21. The minimum absolute atomic E-state index is 0.0174. The molecule has 0 atom stereocenters. The molecule has 1 saturated heterocycles. The van der Waals surface area contributed by atoms with Gasteiger partial charge in [0.15, 0.2) is 0 Å². The Morgan fingerprint density at radius 3 is 2.68 bits per heavy atom. The predicted molar refractivity (Wildman–Crippen MR) is 110 cm³/mol. The molecule has 1 aliphatic heterocycles. The molecular formula is C20H17N5O2S. The first-order chi connectivity index (χ1) is 13.7. The van der Waals surface area contributed by atoms with E-state index in [-0.39, 0.29) is 11.5 Å². The number of nitrogens with zero attached hydrogens (tertiary/aromatic N) is 5. The summed E-state index contributed by atoms with van der Waals surface area (Å²) >= 11 is 1.43. The van der Waals surface area contributed by atoms with Crippen LogP contribution in [0.15, 0.2) is 47.2 Å². The van der Waals surface area contributed by atoms with Crippen LogP contribution in [0.25, 0.3) is 17.2 Å². The fraction of sp³-hybridized carbons (Fsp3) is 0.200. The van der Waals surface area contributed by atoms with Crippen molar-refractivity contribution in [2.24, 2.45) is 0 Å². The molecule has 0 saturated carbocycles. The van der Waals surface area contributed by atoms with Crippen molar-refractivity contribution in [1.29, 1.82) is 5.26 Å². The molecule has 1 fully saturated rings. The number of carbonyl (C=O) groups is 1. The Labute approximate surface area is 165 Å². The lowest BCUT2D eigenvalue weighted by Crippen LogP contribution is -2.49. The van der Waals surface area contributed by atoms with Gasteiger partial charge >= 0.3 is 0 Å². The summed E-state index contributed by atoms with van der Waals surface area (Å²) in [5.41, 5.74) is 0.680. The summed E-state index contributed by atoms with van der Waals surface area (Å²) in [7, 11) is 0. The van der Waals surface area contributed by atoms with Gasteiger partial charge in [0, 0.05) is 44.0 Å².